The summed E-state index contributed by atoms with van der Waals surface area (Å²) in [7, 11) is 0. The molecule has 0 radical (unpaired) electrons. The van der Waals surface area contributed by atoms with E-state index >= 15 is 0 Å². The predicted molar refractivity (Wildman–Crippen MR) is 112 cm³/mol. The Balaban J connectivity index is 2.00. The molecule has 0 aromatic heterocycles. The Morgan fingerprint density at radius 1 is 1.04 bits per heavy atom. The number of anilines is 2. The minimum atomic E-state index is -2.40. The lowest BCUT2D eigenvalue weighted by Gasteiger charge is -2.37. The van der Waals surface area contributed by atoms with E-state index in [2.05, 4.69) is 40.2 Å². The minimum absolute atomic E-state index is 0.151. The van der Waals surface area contributed by atoms with E-state index in [1.807, 2.05) is 36.4 Å². The Morgan fingerprint density at radius 2 is 1.50 bits per heavy atom. The molecule has 136 valence electrons. The number of rotatable bonds is 6. The number of esters is 1. The van der Waals surface area contributed by atoms with Crippen LogP contribution in [0.25, 0.3) is 0 Å². The van der Waals surface area contributed by atoms with Crippen molar-refractivity contribution in [1.29, 1.82) is 0 Å². The summed E-state index contributed by atoms with van der Waals surface area (Å²) >= 11 is 6.25. The summed E-state index contributed by atoms with van der Waals surface area (Å²) in [5.74, 6) is -0.269. The second-order valence-electron chi connectivity index (χ2n) is 6.01. The lowest BCUT2D eigenvalue weighted by atomic mass is 10.3. The van der Waals surface area contributed by atoms with Crippen LogP contribution in [0.5, 0.6) is 0 Å². The molecule has 6 heteroatoms. The van der Waals surface area contributed by atoms with E-state index in [0.29, 0.717) is 6.61 Å². The largest absolute Gasteiger partial charge is 0.466 e. The quantitative estimate of drug-likeness (QED) is 0.527. The molecule has 0 saturated carbocycles. The molecule has 0 N–H and O–H groups in total. The lowest BCUT2D eigenvalue weighted by Crippen LogP contribution is -2.21. The van der Waals surface area contributed by atoms with Crippen LogP contribution in [0.4, 0.5) is 11.4 Å². The van der Waals surface area contributed by atoms with Crippen molar-refractivity contribution in [3.63, 3.8) is 0 Å². The third kappa shape index (κ3) is 3.55. The van der Waals surface area contributed by atoms with Gasteiger partial charge in [-0.2, -0.15) is 0 Å². The van der Waals surface area contributed by atoms with Gasteiger partial charge in [0.05, 0.1) is 13.0 Å². The number of carbonyl (C=O) groups excluding carboxylic acids is 1. The third-order valence-corrected chi connectivity index (χ3v) is 9.46. The molecule has 0 amide bonds. The fraction of sp³-hybridized carbons (Fsp3) is 0.250. The number of carbonyl (C=O) groups is 1. The van der Waals surface area contributed by atoms with Crippen LogP contribution < -0.4 is 9.34 Å². The van der Waals surface area contributed by atoms with Crippen molar-refractivity contribution in [2.75, 3.05) is 29.0 Å². The second kappa shape index (κ2) is 8.07. The summed E-state index contributed by atoms with van der Waals surface area (Å²) in [5, 5.41) is 0.760. The number of nitrogens with zero attached hydrogens (tertiary/aromatic N) is 2. The molecule has 4 nitrogen and oxygen atoms in total. The Kier molecular flexibility index (Phi) is 5.80. The van der Waals surface area contributed by atoms with Crippen molar-refractivity contribution < 1.29 is 9.53 Å². The number of hydrogen-bond acceptors (Lipinski definition) is 3. The highest BCUT2D eigenvalue weighted by Crippen LogP contribution is 2.66. The smallest absolute Gasteiger partial charge is 0.310 e. The first-order valence-electron chi connectivity index (χ1n) is 8.67. The maximum absolute atomic E-state index is 12.1. The molecule has 3 rings (SSSR count). The number of para-hydroxylation sites is 2. The fourth-order valence-electron chi connectivity index (χ4n) is 3.19. The van der Waals surface area contributed by atoms with Gasteiger partial charge in [0.15, 0.2) is 0 Å². The van der Waals surface area contributed by atoms with Gasteiger partial charge >= 0.3 is 5.97 Å². The van der Waals surface area contributed by atoms with Crippen molar-refractivity contribution in [2.24, 2.45) is 0 Å². The van der Waals surface area contributed by atoms with Crippen LogP contribution >= 0.6 is 6.34 Å². The molecule has 26 heavy (non-hydrogen) atoms. The molecular weight excluding hydrogens is 363 g/mol. The van der Waals surface area contributed by atoms with Crippen LogP contribution in [-0.4, -0.2) is 25.7 Å². The van der Waals surface area contributed by atoms with Gasteiger partial charge in [-0.1, -0.05) is 43.0 Å². The summed E-state index contributed by atoms with van der Waals surface area (Å²) < 4.78 is 9.63. The van der Waals surface area contributed by atoms with Gasteiger partial charge in [-0.25, -0.2) is 0 Å². The molecule has 1 saturated heterocycles. The molecule has 0 unspecified atom stereocenters. The average Bonchev–Trinajstić information content (AvgIpc) is 3.02. The zero-order chi connectivity index (χ0) is 18.6. The van der Waals surface area contributed by atoms with E-state index in [-0.39, 0.29) is 12.4 Å². The van der Waals surface area contributed by atoms with E-state index in [9.17, 15) is 4.79 Å². The molecule has 2 aromatic rings. The van der Waals surface area contributed by atoms with Crippen LogP contribution in [0, 0.1) is 0 Å². The van der Waals surface area contributed by atoms with Gasteiger partial charge in [-0.3, -0.25) is 4.79 Å². The summed E-state index contributed by atoms with van der Waals surface area (Å²) in [6.07, 6.45) is -2.25. The molecule has 0 bridgehead atoms. The Labute approximate surface area is 160 Å². The molecule has 0 atom stereocenters. The van der Waals surface area contributed by atoms with Gasteiger partial charge in [0.2, 0.25) is 0 Å². The van der Waals surface area contributed by atoms with E-state index in [1.165, 1.54) is 0 Å². The first-order valence-corrected chi connectivity index (χ1v) is 11.4. The third-order valence-electron chi connectivity index (χ3n) is 4.35. The van der Waals surface area contributed by atoms with Crippen LogP contribution in [0.2, 0.25) is 0 Å². The Morgan fingerprint density at radius 3 is 1.92 bits per heavy atom. The van der Waals surface area contributed by atoms with Gasteiger partial charge in [0, 0.05) is 29.8 Å². The first kappa shape index (κ1) is 18.7. The molecule has 0 aliphatic carbocycles. The Bertz CT molecular complexity index is 775. The average molecular weight is 386 g/mol. The first-order chi connectivity index (χ1) is 12.6. The van der Waals surface area contributed by atoms with Crippen molar-refractivity contribution in [3.8, 4) is 0 Å². The highest BCUT2D eigenvalue weighted by Gasteiger charge is 2.41. The summed E-state index contributed by atoms with van der Waals surface area (Å²) in [6, 6.07) is 20.3. The van der Waals surface area contributed by atoms with E-state index in [4.69, 9.17) is 16.5 Å². The van der Waals surface area contributed by atoms with Crippen LogP contribution in [0.3, 0.4) is 0 Å². The molecular formula is C20H23N2O2PS. The highest BCUT2D eigenvalue weighted by molar-refractivity contribution is 8.18. The highest BCUT2D eigenvalue weighted by atomic mass is 32.4. The van der Waals surface area contributed by atoms with E-state index in [0.717, 1.165) is 29.8 Å². The zero-order valence-electron chi connectivity index (χ0n) is 14.9. The number of hydrogen-bond donors (Lipinski definition) is 0. The van der Waals surface area contributed by atoms with E-state index < -0.39 is 6.34 Å². The molecule has 1 aliphatic heterocycles. The maximum atomic E-state index is 12.1. The van der Waals surface area contributed by atoms with Crippen molar-refractivity contribution in [1.82, 2.24) is 0 Å². The summed E-state index contributed by atoms with van der Waals surface area (Å²) in [4.78, 5) is 12.1. The normalized spacial score (nSPS) is 15.7. The topological polar surface area (TPSA) is 32.8 Å². The summed E-state index contributed by atoms with van der Waals surface area (Å²) in [6.45, 7) is 8.02. The van der Waals surface area contributed by atoms with Crippen LogP contribution in [-0.2, 0) is 21.3 Å². The van der Waals surface area contributed by atoms with Gasteiger partial charge in [0.25, 0.3) is 0 Å². The second-order valence-corrected chi connectivity index (χ2v) is 10.2. The van der Waals surface area contributed by atoms with Crippen LogP contribution in [0.1, 0.15) is 13.3 Å². The monoisotopic (exact) mass is 386 g/mol. The van der Waals surface area contributed by atoms with Crippen molar-refractivity contribution in [2.45, 2.75) is 13.3 Å². The minimum Gasteiger partial charge on any atom is -0.466 e. The zero-order valence-corrected chi connectivity index (χ0v) is 16.6. The van der Waals surface area contributed by atoms with Crippen molar-refractivity contribution >= 4 is 35.5 Å². The fourth-order valence-corrected chi connectivity index (χ4v) is 7.33. The molecule has 2 aromatic carbocycles. The molecule has 1 fully saturated rings. The summed E-state index contributed by atoms with van der Waals surface area (Å²) in [5.41, 5.74) is 2.14. The standard InChI is InChI=1S/C20H23N2O2PS/c1-3-24-20(23)16-17(2)25(26)21(18-10-6-4-7-11-18)14-15-22(25)19-12-8-5-9-13-19/h4-13H,2-3,14-16H2,1H3. The predicted octanol–water partition coefficient (Wildman–Crippen LogP) is 4.79. The molecule has 0 spiro atoms. The van der Waals surface area contributed by atoms with Crippen LogP contribution in [0.15, 0.2) is 72.6 Å². The van der Waals surface area contributed by atoms with Gasteiger partial charge in [-0.05, 0) is 43.0 Å². The molecule has 1 aliphatic rings. The lowest BCUT2D eigenvalue weighted by molar-refractivity contribution is -0.142. The Hall–Kier alpha value is -2.10. The SMILES string of the molecule is C=C(CC(=O)OCC)P1(=S)N(c2ccccc2)CCN1c1ccccc1. The van der Waals surface area contributed by atoms with Crippen molar-refractivity contribution in [3.05, 3.63) is 72.6 Å². The van der Waals surface area contributed by atoms with Gasteiger partial charge in [0.1, 0.15) is 6.34 Å². The van der Waals surface area contributed by atoms with Gasteiger partial charge < -0.3 is 14.1 Å². The molecule has 1 heterocycles. The van der Waals surface area contributed by atoms with E-state index in [1.54, 1.807) is 6.92 Å². The van der Waals surface area contributed by atoms with Gasteiger partial charge in [-0.15, -0.1) is 0 Å². The number of benzene rings is 2. The number of ether oxygens (including phenoxy) is 1. The maximum Gasteiger partial charge on any atom is 0.310 e.